The lowest BCUT2D eigenvalue weighted by atomic mass is 10.2. The Morgan fingerprint density at radius 1 is 1.62 bits per heavy atom. The summed E-state index contributed by atoms with van der Waals surface area (Å²) in [6.45, 7) is 1.74. The van der Waals surface area contributed by atoms with Gasteiger partial charge in [0.2, 0.25) is 0 Å². The Morgan fingerprint density at radius 2 is 2.15 bits per heavy atom. The van der Waals surface area contributed by atoms with Crippen molar-refractivity contribution < 1.29 is 24.6 Å². The number of hydrogen-bond donors (Lipinski definition) is 3. The van der Waals surface area contributed by atoms with Crippen molar-refractivity contribution in [1.82, 2.24) is 5.17 Å². The highest BCUT2D eigenvalue weighted by atomic mass is 16.5. The third kappa shape index (κ3) is 4.41. The van der Waals surface area contributed by atoms with Crippen molar-refractivity contribution >= 4 is 11.9 Å². The van der Waals surface area contributed by atoms with Crippen LogP contribution in [0.5, 0.6) is 0 Å². The Labute approximate surface area is 74.6 Å². The lowest BCUT2D eigenvalue weighted by molar-refractivity contribution is -0.177. The van der Waals surface area contributed by atoms with Gasteiger partial charge in [-0.15, -0.1) is 5.17 Å². The summed E-state index contributed by atoms with van der Waals surface area (Å²) in [5.41, 5.74) is 0. The largest absolute Gasteiger partial charge is 0.480 e. The van der Waals surface area contributed by atoms with Crippen LogP contribution in [-0.2, 0) is 14.3 Å². The second kappa shape index (κ2) is 5.46. The molecule has 7 nitrogen and oxygen atoms in total. The first-order valence-electron chi connectivity index (χ1n) is 3.60. The quantitative estimate of drug-likeness (QED) is 0.289. The Balaban J connectivity index is 4.10. The highest BCUT2D eigenvalue weighted by Gasteiger charge is 2.26. The normalized spacial score (nSPS) is 12.6. The zero-order valence-corrected chi connectivity index (χ0v) is 7.14. The molecule has 0 amide bonds. The van der Waals surface area contributed by atoms with Crippen LogP contribution in [0.4, 0.5) is 0 Å². The van der Waals surface area contributed by atoms with Crippen molar-refractivity contribution in [3.8, 4) is 0 Å². The molecule has 0 aromatic carbocycles. The smallest absolute Gasteiger partial charge is 0.325 e. The van der Waals surface area contributed by atoms with Crippen molar-refractivity contribution in [3.05, 3.63) is 0 Å². The van der Waals surface area contributed by atoms with Gasteiger partial charge in [-0.1, -0.05) is 0 Å². The summed E-state index contributed by atoms with van der Waals surface area (Å²) in [5, 5.41) is 17.1. The molecule has 76 valence electrons. The van der Waals surface area contributed by atoms with Crippen LogP contribution in [0.1, 0.15) is 13.3 Å². The number of rotatable bonds is 5. The van der Waals surface area contributed by atoms with Gasteiger partial charge in [-0.05, 0) is 6.92 Å². The molecule has 0 bridgehead atoms. The van der Waals surface area contributed by atoms with E-state index in [9.17, 15) is 9.59 Å². The van der Waals surface area contributed by atoms with Gasteiger partial charge in [-0.3, -0.25) is 14.8 Å². The zero-order valence-electron chi connectivity index (χ0n) is 7.14. The molecule has 0 spiro atoms. The second-order valence-corrected chi connectivity index (χ2v) is 2.24. The van der Waals surface area contributed by atoms with E-state index in [0.717, 1.165) is 0 Å². The molecule has 0 rings (SSSR count). The van der Waals surface area contributed by atoms with Gasteiger partial charge in [-0.2, -0.15) is 0 Å². The maximum atomic E-state index is 10.8. The van der Waals surface area contributed by atoms with Crippen molar-refractivity contribution in [2.75, 3.05) is 6.61 Å². The number of hydroxylamine groups is 1. The molecule has 0 fully saturated rings. The number of hydrazine groups is 1. The van der Waals surface area contributed by atoms with Crippen LogP contribution in [0.15, 0.2) is 0 Å². The van der Waals surface area contributed by atoms with Crippen molar-refractivity contribution in [2.45, 2.75) is 19.4 Å². The van der Waals surface area contributed by atoms with Gasteiger partial charge in [0.25, 0.3) is 0 Å². The van der Waals surface area contributed by atoms with Crippen LogP contribution < -0.4 is 5.84 Å². The van der Waals surface area contributed by atoms with Crippen LogP contribution >= 0.6 is 0 Å². The number of carboxylic acid groups (broad SMARTS) is 1. The third-order valence-corrected chi connectivity index (χ3v) is 1.27. The number of carbonyl (C=O) groups excluding carboxylic acids is 1. The van der Waals surface area contributed by atoms with Crippen LogP contribution in [0, 0.1) is 0 Å². The molecule has 0 aromatic rings. The Kier molecular flexibility index (Phi) is 4.97. The number of nitrogens with two attached hydrogens (primary N) is 1. The Bertz CT molecular complexity index is 193. The minimum atomic E-state index is -1.47. The predicted octanol–water partition coefficient (Wildman–Crippen LogP) is -1.04. The van der Waals surface area contributed by atoms with Gasteiger partial charge in [0.05, 0.1) is 13.0 Å². The van der Waals surface area contributed by atoms with Gasteiger partial charge in [0.1, 0.15) is 0 Å². The van der Waals surface area contributed by atoms with Gasteiger partial charge >= 0.3 is 11.9 Å². The first-order chi connectivity index (χ1) is 5.99. The second-order valence-electron chi connectivity index (χ2n) is 2.24. The molecule has 13 heavy (non-hydrogen) atoms. The summed E-state index contributed by atoms with van der Waals surface area (Å²) in [5.74, 6) is 2.67. The molecular formula is C6H12N2O5. The third-order valence-electron chi connectivity index (χ3n) is 1.27. The highest BCUT2D eigenvalue weighted by Crippen LogP contribution is 1.99. The number of nitrogens with zero attached hydrogens (tertiary/aromatic N) is 1. The predicted molar refractivity (Wildman–Crippen MR) is 40.5 cm³/mol. The molecule has 1 unspecified atom stereocenters. The van der Waals surface area contributed by atoms with Crippen molar-refractivity contribution in [2.24, 2.45) is 5.84 Å². The fourth-order valence-corrected chi connectivity index (χ4v) is 0.672. The monoisotopic (exact) mass is 192 g/mol. The van der Waals surface area contributed by atoms with Crippen LogP contribution in [0.2, 0.25) is 0 Å². The van der Waals surface area contributed by atoms with Crippen LogP contribution in [-0.4, -0.2) is 40.1 Å². The molecule has 1 atom stereocenters. The summed E-state index contributed by atoms with van der Waals surface area (Å²) in [7, 11) is 0. The summed E-state index contributed by atoms with van der Waals surface area (Å²) in [4.78, 5) is 21.2. The average Bonchev–Trinajstić information content (AvgIpc) is 1.99. The zero-order chi connectivity index (χ0) is 10.4. The molecule has 0 saturated heterocycles. The van der Waals surface area contributed by atoms with E-state index in [0.29, 0.717) is 0 Å². The minimum Gasteiger partial charge on any atom is -0.480 e. The van der Waals surface area contributed by atoms with Crippen molar-refractivity contribution in [1.29, 1.82) is 0 Å². The molecular weight excluding hydrogens is 180 g/mol. The topological polar surface area (TPSA) is 113 Å². The van der Waals surface area contributed by atoms with E-state index in [4.69, 9.17) is 16.2 Å². The summed E-state index contributed by atoms with van der Waals surface area (Å²) >= 11 is 0. The summed E-state index contributed by atoms with van der Waals surface area (Å²) < 4.78 is 4.48. The molecule has 0 aliphatic carbocycles. The maximum Gasteiger partial charge on any atom is 0.325 e. The number of carboxylic acids is 1. The molecule has 4 N–H and O–H groups in total. The van der Waals surface area contributed by atoms with Crippen LogP contribution in [0.25, 0.3) is 0 Å². The molecule has 0 radical (unpaired) electrons. The first kappa shape index (κ1) is 11.8. The number of ether oxygens (including phenoxy) is 1. The Hall–Kier alpha value is -1.18. The van der Waals surface area contributed by atoms with E-state index >= 15 is 0 Å². The molecule has 0 aromatic heterocycles. The molecule has 0 saturated carbocycles. The fourth-order valence-electron chi connectivity index (χ4n) is 0.672. The van der Waals surface area contributed by atoms with Gasteiger partial charge in [-0.25, -0.2) is 5.84 Å². The molecule has 0 aliphatic rings. The molecule has 7 heteroatoms. The number of aliphatic carboxylic acids is 1. The number of carbonyl (C=O) groups is 2. The standard InChI is InChI=1S/C6H12N2O5/c1-2-13-5(9)3-4(6(10)11)8(7)12/h4,12H,2-3,7H2,1H3,(H,10,11). The first-order valence-corrected chi connectivity index (χ1v) is 3.60. The molecule has 0 aliphatic heterocycles. The molecule has 0 heterocycles. The van der Waals surface area contributed by atoms with Gasteiger partial charge in [0, 0.05) is 0 Å². The number of hydrogen-bond acceptors (Lipinski definition) is 6. The highest BCUT2D eigenvalue weighted by molar-refractivity contribution is 5.81. The number of esters is 1. The summed E-state index contributed by atoms with van der Waals surface area (Å²) in [6, 6.07) is -1.47. The lowest BCUT2D eigenvalue weighted by Crippen LogP contribution is -2.45. The van der Waals surface area contributed by atoms with E-state index in [1.165, 1.54) is 0 Å². The maximum absolute atomic E-state index is 10.8. The fraction of sp³-hybridized carbons (Fsp3) is 0.667. The van der Waals surface area contributed by atoms with Crippen molar-refractivity contribution in [3.63, 3.8) is 0 Å². The lowest BCUT2D eigenvalue weighted by Gasteiger charge is -2.16. The van der Waals surface area contributed by atoms with E-state index in [1.807, 2.05) is 0 Å². The van der Waals surface area contributed by atoms with Gasteiger partial charge < -0.3 is 9.84 Å². The van der Waals surface area contributed by atoms with E-state index < -0.39 is 24.4 Å². The van der Waals surface area contributed by atoms with Crippen LogP contribution in [0.3, 0.4) is 0 Å². The Morgan fingerprint density at radius 3 is 2.46 bits per heavy atom. The van der Waals surface area contributed by atoms with E-state index in [-0.39, 0.29) is 11.8 Å². The van der Waals surface area contributed by atoms with E-state index in [2.05, 4.69) is 4.74 Å². The summed E-state index contributed by atoms with van der Waals surface area (Å²) in [6.07, 6.45) is -0.490. The van der Waals surface area contributed by atoms with E-state index in [1.54, 1.807) is 6.92 Å². The SMILES string of the molecule is CCOC(=O)CC(C(=O)O)N(N)O. The minimum absolute atomic E-state index is 0.0285. The van der Waals surface area contributed by atoms with Gasteiger partial charge in [0.15, 0.2) is 6.04 Å². The average molecular weight is 192 g/mol.